The van der Waals surface area contributed by atoms with E-state index in [9.17, 15) is 9.59 Å². The van der Waals surface area contributed by atoms with Crippen molar-refractivity contribution in [3.05, 3.63) is 68.7 Å². The number of hydrogen-bond acceptors (Lipinski definition) is 6. The molecule has 0 atom stereocenters. The van der Waals surface area contributed by atoms with Crippen molar-refractivity contribution in [3.8, 4) is 0 Å². The first-order valence-corrected chi connectivity index (χ1v) is 11.1. The number of amides is 2. The van der Waals surface area contributed by atoms with Crippen molar-refractivity contribution in [2.24, 2.45) is 0 Å². The summed E-state index contributed by atoms with van der Waals surface area (Å²) in [7, 11) is 0. The van der Waals surface area contributed by atoms with E-state index in [4.69, 9.17) is 34.8 Å². The molecule has 0 aliphatic heterocycles. The molecule has 0 spiro atoms. The Hall–Kier alpha value is -1.84. The lowest BCUT2D eigenvalue weighted by Gasteiger charge is -2.06. The quantitative estimate of drug-likeness (QED) is 0.355. The Balaban J connectivity index is 1.49. The molecule has 0 aliphatic rings. The third-order valence-corrected chi connectivity index (χ3v) is 6.45. The van der Waals surface area contributed by atoms with Crippen LogP contribution in [0.3, 0.4) is 0 Å². The van der Waals surface area contributed by atoms with Gasteiger partial charge in [-0.25, -0.2) is 0 Å². The fourth-order valence-corrected chi connectivity index (χ4v) is 4.44. The summed E-state index contributed by atoms with van der Waals surface area (Å²) in [5.41, 5.74) is 1.12. The molecule has 3 aromatic rings. The summed E-state index contributed by atoms with van der Waals surface area (Å²) in [4.78, 5) is 24.3. The Bertz CT molecular complexity index is 1050. The third-order valence-electron chi connectivity index (χ3n) is 3.56. The molecule has 1 aromatic heterocycles. The molecule has 0 bridgehead atoms. The number of rotatable bonds is 7. The standard InChI is InChI=1S/C18H13Cl3N4O2S2/c19-11-5-6-12(14(21)7-11)16(27)23-17-24-25-18(29-17)28-9-15(26)22-8-10-3-1-2-4-13(10)20/h1-7H,8-9H2,(H,22,26)(H,23,24,27). The van der Waals surface area contributed by atoms with Crippen molar-refractivity contribution in [1.82, 2.24) is 15.5 Å². The fraction of sp³-hybridized carbons (Fsp3) is 0.111. The maximum absolute atomic E-state index is 12.3. The summed E-state index contributed by atoms with van der Waals surface area (Å²) in [5, 5.41) is 14.9. The number of nitrogens with zero attached hydrogens (tertiary/aromatic N) is 2. The number of carbonyl (C=O) groups excluding carboxylic acids is 2. The SMILES string of the molecule is O=C(CSc1nnc(NC(=O)c2ccc(Cl)cc2Cl)s1)NCc1ccccc1Cl. The fourth-order valence-electron chi connectivity index (χ4n) is 2.17. The van der Waals surface area contributed by atoms with Gasteiger partial charge in [-0.1, -0.05) is 76.1 Å². The molecule has 6 nitrogen and oxygen atoms in total. The predicted molar refractivity (Wildman–Crippen MR) is 118 cm³/mol. The highest BCUT2D eigenvalue weighted by molar-refractivity contribution is 8.01. The molecule has 150 valence electrons. The Morgan fingerprint density at radius 1 is 1.03 bits per heavy atom. The molecule has 2 amide bonds. The molecular weight excluding hydrogens is 475 g/mol. The number of benzene rings is 2. The molecule has 2 aromatic carbocycles. The first kappa shape index (κ1) is 21.9. The average Bonchev–Trinajstić information content (AvgIpc) is 3.13. The zero-order valence-electron chi connectivity index (χ0n) is 14.6. The number of hydrogen-bond donors (Lipinski definition) is 2. The van der Waals surface area contributed by atoms with Crippen LogP contribution in [-0.4, -0.2) is 27.8 Å². The van der Waals surface area contributed by atoms with Crippen molar-refractivity contribution >= 4 is 74.8 Å². The molecule has 29 heavy (non-hydrogen) atoms. The van der Waals surface area contributed by atoms with E-state index in [0.717, 1.165) is 16.9 Å². The third kappa shape index (κ3) is 6.32. The topological polar surface area (TPSA) is 84.0 Å². The Morgan fingerprint density at radius 3 is 2.59 bits per heavy atom. The molecule has 1 heterocycles. The lowest BCUT2D eigenvalue weighted by atomic mass is 10.2. The summed E-state index contributed by atoms with van der Waals surface area (Å²) in [5.74, 6) is -0.420. The number of halogens is 3. The van der Waals surface area contributed by atoms with Crippen LogP contribution in [0.4, 0.5) is 5.13 Å². The van der Waals surface area contributed by atoms with E-state index in [1.807, 2.05) is 18.2 Å². The van der Waals surface area contributed by atoms with Crippen LogP contribution in [0.15, 0.2) is 46.8 Å². The summed E-state index contributed by atoms with van der Waals surface area (Å²) >= 11 is 20.3. The Kier molecular flexibility index (Phi) is 7.74. The lowest BCUT2D eigenvalue weighted by molar-refractivity contribution is -0.118. The molecule has 3 rings (SSSR count). The van der Waals surface area contributed by atoms with Gasteiger partial charge in [0, 0.05) is 16.6 Å². The van der Waals surface area contributed by atoms with E-state index >= 15 is 0 Å². The van der Waals surface area contributed by atoms with Gasteiger partial charge < -0.3 is 5.32 Å². The summed E-state index contributed by atoms with van der Waals surface area (Å²) in [6.07, 6.45) is 0. The van der Waals surface area contributed by atoms with Gasteiger partial charge in [0.05, 0.1) is 16.3 Å². The molecule has 0 radical (unpaired) electrons. The van der Waals surface area contributed by atoms with Crippen molar-refractivity contribution in [2.45, 2.75) is 10.9 Å². The van der Waals surface area contributed by atoms with Gasteiger partial charge in [0.2, 0.25) is 11.0 Å². The van der Waals surface area contributed by atoms with Crippen LogP contribution >= 0.6 is 57.9 Å². The van der Waals surface area contributed by atoms with Crippen LogP contribution in [0.2, 0.25) is 15.1 Å². The first-order chi connectivity index (χ1) is 13.9. The zero-order valence-corrected chi connectivity index (χ0v) is 18.5. The van der Waals surface area contributed by atoms with E-state index in [-0.39, 0.29) is 22.2 Å². The molecule has 0 unspecified atom stereocenters. The number of carbonyl (C=O) groups is 2. The van der Waals surface area contributed by atoms with Gasteiger partial charge >= 0.3 is 0 Å². The smallest absolute Gasteiger partial charge is 0.259 e. The average molecular weight is 488 g/mol. The number of nitrogens with one attached hydrogen (secondary N) is 2. The summed E-state index contributed by atoms with van der Waals surface area (Å²) in [6, 6.07) is 11.9. The first-order valence-electron chi connectivity index (χ1n) is 8.15. The van der Waals surface area contributed by atoms with E-state index < -0.39 is 5.91 Å². The van der Waals surface area contributed by atoms with E-state index in [1.54, 1.807) is 12.1 Å². The molecule has 0 fully saturated rings. The van der Waals surface area contributed by atoms with Crippen molar-refractivity contribution in [2.75, 3.05) is 11.1 Å². The van der Waals surface area contributed by atoms with Crippen LogP contribution in [0.1, 0.15) is 15.9 Å². The molecule has 11 heteroatoms. The maximum Gasteiger partial charge on any atom is 0.259 e. The van der Waals surface area contributed by atoms with Gasteiger partial charge in [0.1, 0.15) is 0 Å². The Morgan fingerprint density at radius 2 is 1.83 bits per heavy atom. The van der Waals surface area contributed by atoms with Gasteiger partial charge in [-0.2, -0.15) is 0 Å². The second-order valence-corrected chi connectivity index (χ2v) is 9.06. The molecule has 0 aliphatic carbocycles. The predicted octanol–water partition coefficient (Wildman–Crippen LogP) is 5.16. The highest BCUT2D eigenvalue weighted by atomic mass is 35.5. The van der Waals surface area contributed by atoms with Crippen LogP contribution in [-0.2, 0) is 11.3 Å². The van der Waals surface area contributed by atoms with Gasteiger partial charge in [-0.3, -0.25) is 14.9 Å². The van der Waals surface area contributed by atoms with Crippen LogP contribution in [0.5, 0.6) is 0 Å². The van der Waals surface area contributed by atoms with Gasteiger partial charge in [0.15, 0.2) is 4.34 Å². The molecule has 2 N–H and O–H groups in total. The van der Waals surface area contributed by atoms with Gasteiger partial charge in [0.25, 0.3) is 5.91 Å². The molecular formula is C18H13Cl3N4O2S2. The normalized spacial score (nSPS) is 10.6. The summed E-state index contributed by atoms with van der Waals surface area (Å²) < 4.78 is 0.551. The van der Waals surface area contributed by atoms with Gasteiger partial charge in [-0.15, -0.1) is 10.2 Å². The second-order valence-electron chi connectivity index (χ2n) is 5.61. The van der Waals surface area contributed by atoms with E-state index in [1.165, 1.54) is 23.9 Å². The highest BCUT2D eigenvalue weighted by Gasteiger charge is 2.14. The maximum atomic E-state index is 12.3. The monoisotopic (exact) mass is 486 g/mol. The summed E-state index contributed by atoms with van der Waals surface area (Å²) in [6.45, 7) is 0.346. The van der Waals surface area contributed by atoms with Crippen molar-refractivity contribution in [1.29, 1.82) is 0 Å². The van der Waals surface area contributed by atoms with E-state index in [2.05, 4.69) is 20.8 Å². The van der Waals surface area contributed by atoms with Crippen LogP contribution in [0.25, 0.3) is 0 Å². The number of aromatic nitrogens is 2. The number of anilines is 1. The van der Waals surface area contributed by atoms with Gasteiger partial charge in [-0.05, 0) is 29.8 Å². The minimum Gasteiger partial charge on any atom is -0.351 e. The zero-order chi connectivity index (χ0) is 20.8. The highest BCUT2D eigenvalue weighted by Crippen LogP contribution is 2.27. The minimum absolute atomic E-state index is 0.163. The largest absolute Gasteiger partial charge is 0.351 e. The second kappa shape index (κ2) is 10.3. The van der Waals surface area contributed by atoms with E-state index in [0.29, 0.717) is 26.1 Å². The van der Waals surface area contributed by atoms with Crippen molar-refractivity contribution in [3.63, 3.8) is 0 Å². The lowest BCUT2D eigenvalue weighted by Crippen LogP contribution is -2.24. The molecule has 0 saturated carbocycles. The molecule has 0 saturated heterocycles. The minimum atomic E-state index is -0.420. The van der Waals surface area contributed by atoms with Crippen molar-refractivity contribution < 1.29 is 9.59 Å². The number of thioether (sulfide) groups is 1. The van der Waals surface area contributed by atoms with Crippen LogP contribution < -0.4 is 10.6 Å². The van der Waals surface area contributed by atoms with Crippen LogP contribution in [0, 0.1) is 0 Å². The Labute approximate surface area is 190 Å².